The van der Waals surface area contributed by atoms with E-state index in [-0.39, 0.29) is 6.61 Å². The largest absolute Gasteiger partial charge is 0.497 e. The van der Waals surface area contributed by atoms with Crippen LogP contribution in [-0.4, -0.2) is 25.6 Å². The topological polar surface area (TPSA) is 64.6 Å². The smallest absolute Gasteiger partial charge is 0.338 e. The first-order valence-electron chi connectivity index (χ1n) is 6.76. The number of anilines is 1. The third-order valence-electron chi connectivity index (χ3n) is 2.96. The Balaban J connectivity index is 1.85. The van der Waals surface area contributed by atoms with Crippen molar-refractivity contribution in [1.29, 1.82) is 0 Å². The molecule has 2 aromatic carbocycles. The number of aryl methyl sites for hydroxylation is 1. The van der Waals surface area contributed by atoms with E-state index in [4.69, 9.17) is 9.47 Å². The average Bonchev–Trinajstić information content (AvgIpc) is 2.53. The summed E-state index contributed by atoms with van der Waals surface area (Å²) in [7, 11) is 1.57. The van der Waals surface area contributed by atoms with Crippen LogP contribution in [0.3, 0.4) is 0 Å². The van der Waals surface area contributed by atoms with Crippen LogP contribution in [0, 0.1) is 6.92 Å². The molecule has 2 aromatic rings. The molecular formula is C17H17NO4. The highest BCUT2D eigenvalue weighted by molar-refractivity contribution is 5.95. The van der Waals surface area contributed by atoms with Gasteiger partial charge in [-0.3, -0.25) is 4.79 Å². The summed E-state index contributed by atoms with van der Waals surface area (Å²) in [6.07, 6.45) is 0. The Morgan fingerprint density at radius 1 is 1.09 bits per heavy atom. The number of hydrogen-bond acceptors (Lipinski definition) is 4. The van der Waals surface area contributed by atoms with Gasteiger partial charge in [0.05, 0.1) is 12.7 Å². The monoisotopic (exact) mass is 299 g/mol. The SMILES string of the molecule is COc1ccc(NC(=O)COC(=O)c2cccc(C)c2)cc1. The summed E-state index contributed by atoms with van der Waals surface area (Å²) < 4.78 is 10.0. The quantitative estimate of drug-likeness (QED) is 0.862. The van der Waals surface area contributed by atoms with Gasteiger partial charge in [0.1, 0.15) is 5.75 Å². The number of rotatable bonds is 5. The highest BCUT2D eigenvalue weighted by Crippen LogP contribution is 2.14. The first kappa shape index (κ1) is 15.6. The fourth-order valence-electron chi connectivity index (χ4n) is 1.86. The predicted octanol–water partition coefficient (Wildman–Crippen LogP) is 2.80. The maximum atomic E-state index is 11.8. The zero-order chi connectivity index (χ0) is 15.9. The van der Waals surface area contributed by atoms with Gasteiger partial charge in [-0.2, -0.15) is 0 Å². The Labute approximate surface area is 128 Å². The number of carbonyl (C=O) groups excluding carboxylic acids is 2. The summed E-state index contributed by atoms with van der Waals surface area (Å²) in [5, 5.41) is 2.64. The zero-order valence-corrected chi connectivity index (χ0v) is 12.5. The number of esters is 1. The van der Waals surface area contributed by atoms with Gasteiger partial charge in [0.2, 0.25) is 0 Å². The summed E-state index contributed by atoms with van der Waals surface area (Å²) in [5.74, 6) is -0.219. The summed E-state index contributed by atoms with van der Waals surface area (Å²) in [6, 6.07) is 13.9. The Morgan fingerprint density at radius 3 is 2.45 bits per heavy atom. The maximum absolute atomic E-state index is 11.8. The van der Waals surface area contributed by atoms with E-state index in [0.717, 1.165) is 5.56 Å². The van der Waals surface area contributed by atoms with Gasteiger partial charge < -0.3 is 14.8 Å². The van der Waals surface area contributed by atoms with Crippen molar-refractivity contribution in [3.63, 3.8) is 0 Å². The second-order valence-electron chi connectivity index (χ2n) is 4.72. The van der Waals surface area contributed by atoms with Crippen LogP contribution in [0.15, 0.2) is 48.5 Å². The van der Waals surface area contributed by atoms with Crippen molar-refractivity contribution in [3.8, 4) is 5.75 Å². The number of methoxy groups -OCH3 is 1. The predicted molar refractivity (Wildman–Crippen MR) is 83.1 cm³/mol. The molecule has 0 saturated carbocycles. The van der Waals surface area contributed by atoms with Crippen LogP contribution in [0.1, 0.15) is 15.9 Å². The van der Waals surface area contributed by atoms with E-state index >= 15 is 0 Å². The Bertz CT molecular complexity index is 665. The van der Waals surface area contributed by atoms with Gasteiger partial charge in [-0.05, 0) is 43.3 Å². The first-order valence-corrected chi connectivity index (χ1v) is 6.76. The van der Waals surface area contributed by atoms with Crippen LogP contribution in [-0.2, 0) is 9.53 Å². The number of amides is 1. The standard InChI is InChI=1S/C17H17NO4/c1-12-4-3-5-13(10-12)17(20)22-11-16(19)18-14-6-8-15(21-2)9-7-14/h3-10H,11H2,1-2H3,(H,18,19). The number of ether oxygens (including phenoxy) is 2. The lowest BCUT2D eigenvalue weighted by molar-refractivity contribution is -0.119. The highest BCUT2D eigenvalue weighted by Gasteiger charge is 2.10. The highest BCUT2D eigenvalue weighted by atomic mass is 16.5. The minimum absolute atomic E-state index is 0.335. The number of carbonyl (C=O) groups is 2. The van der Waals surface area contributed by atoms with Crippen molar-refractivity contribution in [1.82, 2.24) is 0 Å². The molecule has 114 valence electrons. The van der Waals surface area contributed by atoms with Crippen LogP contribution in [0.2, 0.25) is 0 Å². The Hall–Kier alpha value is -2.82. The minimum Gasteiger partial charge on any atom is -0.497 e. The average molecular weight is 299 g/mol. The first-order chi connectivity index (χ1) is 10.6. The van der Waals surface area contributed by atoms with Crippen molar-refractivity contribution in [2.24, 2.45) is 0 Å². The molecule has 0 bridgehead atoms. The van der Waals surface area contributed by atoms with Gasteiger partial charge in [0.25, 0.3) is 5.91 Å². The fourth-order valence-corrected chi connectivity index (χ4v) is 1.86. The summed E-state index contributed by atoms with van der Waals surface area (Å²) >= 11 is 0. The molecule has 22 heavy (non-hydrogen) atoms. The van der Waals surface area contributed by atoms with Gasteiger partial charge in [-0.25, -0.2) is 4.79 Å². The molecule has 0 aliphatic heterocycles. The lowest BCUT2D eigenvalue weighted by Gasteiger charge is -2.07. The van der Waals surface area contributed by atoms with E-state index in [0.29, 0.717) is 17.0 Å². The molecule has 0 atom stereocenters. The second kappa shape index (κ2) is 7.26. The molecule has 1 N–H and O–H groups in total. The lowest BCUT2D eigenvalue weighted by atomic mass is 10.1. The molecule has 0 saturated heterocycles. The van der Waals surface area contributed by atoms with Crippen molar-refractivity contribution in [3.05, 3.63) is 59.7 Å². The molecule has 1 amide bonds. The molecular weight excluding hydrogens is 282 g/mol. The molecule has 0 radical (unpaired) electrons. The maximum Gasteiger partial charge on any atom is 0.338 e. The molecule has 0 unspecified atom stereocenters. The number of nitrogens with one attached hydrogen (secondary N) is 1. The molecule has 0 fully saturated rings. The minimum atomic E-state index is -0.520. The Kier molecular flexibility index (Phi) is 5.14. The third-order valence-corrected chi connectivity index (χ3v) is 2.96. The van der Waals surface area contributed by atoms with Crippen LogP contribution in [0.5, 0.6) is 5.75 Å². The Morgan fingerprint density at radius 2 is 1.82 bits per heavy atom. The molecule has 0 spiro atoms. The third kappa shape index (κ3) is 4.34. The van der Waals surface area contributed by atoms with Crippen molar-refractivity contribution < 1.29 is 19.1 Å². The van der Waals surface area contributed by atoms with Crippen LogP contribution < -0.4 is 10.1 Å². The van der Waals surface area contributed by atoms with E-state index in [1.54, 1.807) is 49.6 Å². The van der Waals surface area contributed by atoms with E-state index in [1.165, 1.54) is 0 Å². The molecule has 5 heteroatoms. The summed E-state index contributed by atoms with van der Waals surface area (Å²) in [4.78, 5) is 23.6. The van der Waals surface area contributed by atoms with Crippen molar-refractivity contribution >= 4 is 17.6 Å². The normalized spacial score (nSPS) is 9.91. The van der Waals surface area contributed by atoms with Gasteiger partial charge >= 0.3 is 5.97 Å². The molecule has 0 aromatic heterocycles. The van der Waals surface area contributed by atoms with Gasteiger partial charge in [-0.1, -0.05) is 17.7 Å². The van der Waals surface area contributed by atoms with Gasteiger partial charge in [0.15, 0.2) is 6.61 Å². The van der Waals surface area contributed by atoms with Crippen LogP contribution in [0.4, 0.5) is 5.69 Å². The van der Waals surface area contributed by atoms with Crippen LogP contribution in [0.25, 0.3) is 0 Å². The van der Waals surface area contributed by atoms with Crippen molar-refractivity contribution in [2.45, 2.75) is 6.92 Å². The van der Waals surface area contributed by atoms with Crippen molar-refractivity contribution in [2.75, 3.05) is 19.0 Å². The summed E-state index contributed by atoms with van der Waals surface area (Å²) in [6.45, 7) is 1.55. The fraction of sp³-hybridized carbons (Fsp3) is 0.176. The molecule has 0 heterocycles. The van der Waals surface area contributed by atoms with E-state index in [9.17, 15) is 9.59 Å². The van der Waals surface area contributed by atoms with Crippen LogP contribution >= 0.6 is 0 Å². The van der Waals surface area contributed by atoms with E-state index in [2.05, 4.69) is 5.32 Å². The van der Waals surface area contributed by atoms with E-state index < -0.39 is 11.9 Å². The lowest BCUT2D eigenvalue weighted by Crippen LogP contribution is -2.20. The molecule has 2 rings (SSSR count). The molecule has 0 aliphatic rings. The zero-order valence-electron chi connectivity index (χ0n) is 12.5. The number of hydrogen-bond donors (Lipinski definition) is 1. The number of benzene rings is 2. The van der Waals surface area contributed by atoms with E-state index in [1.807, 2.05) is 13.0 Å². The molecule has 5 nitrogen and oxygen atoms in total. The summed E-state index contributed by atoms with van der Waals surface area (Å²) in [5.41, 5.74) is 1.99. The second-order valence-corrected chi connectivity index (χ2v) is 4.72. The van der Waals surface area contributed by atoms with Gasteiger partial charge in [-0.15, -0.1) is 0 Å². The molecule has 0 aliphatic carbocycles. The van der Waals surface area contributed by atoms with Gasteiger partial charge in [0, 0.05) is 5.69 Å².